The Morgan fingerprint density at radius 3 is 1.85 bits per heavy atom. The van der Waals surface area contributed by atoms with Crippen LogP contribution in [0.5, 0.6) is 0 Å². The maximum absolute atomic E-state index is 6.82. The van der Waals surface area contributed by atoms with Crippen molar-refractivity contribution in [1.29, 1.82) is 0 Å². The zero-order valence-corrected chi connectivity index (χ0v) is 27.4. The van der Waals surface area contributed by atoms with Crippen LogP contribution in [0.25, 0.3) is 76.1 Å². The van der Waals surface area contributed by atoms with Gasteiger partial charge in [0.05, 0.1) is 5.56 Å². The fourth-order valence-corrected chi connectivity index (χ4v) is 7.99. The number of aromatic nitrogens is 1. The van der Waals surface area contributed by atoms with Crippen molar-refractivity contribution in [2.45, 2.75) is 39.5 Å². The van der Waals surface area contributed by atoms with Gasteiger partial charge in [0.1, 0.15) is 5.52 Å². The Balaban J connectivity index is 1.30. The average Bonchev–Trinajstić information content (AvgIpc) is 3.70. The molecule has 0 N–H and O–H groups in total. The number of nitrogens with zero attached hydrogens (tertiary/aromatic N) is 1. The van der Waals surface area contributed by atoms with Crippen molar-refractivity contribution in [3.8, 4) is 44.8 Å². The number of benzene rings is 6. The van der Waals surface area contributed by atoms with E-state index in [0.29, 0.717) is 17.7 Å². The summed E-state index contributed by atoms with van der Waals surface area (Å²) >= 11 is 1.81. The summed E-state index contributed by atoms with van der Waals surface area (Å²) in [6.07, 6.45) is 0. The minimum Gasteiger partial charge on any atom is -0.435 e. The van der Waals surface area contributed by atoms with Gasteiger partial charge < -0.3 is 4.42 Å². The molecular weight excluding hydrogens is 579 g/mol. The Morgan fingerprint density at radius 2 is 1.17 bits per heavy atom. The summed E-state index contributed by atoms with van der Waals surface area (Å²) in [6, 6.07) is 45.7. The molecule has 0 radical (unpaired) electrons. The minimum atomic E-state index is 0.335. The molecule has 0 unspecified atom stereocenters. The summed E-state index contributed by atoms with van der Waals surface area (Å²) in [5.41, 5.74) is 12.8. The lowest BCUT2D eigenvalue weighted by atomic mass is 9.82. The van der Waals surface area contributed by atoms with E-state index in [4.69, 9.17) is 9.40 Å². The van der Waals surface area contributed by atoms with Gasteiger partial charge in [-0.1, -0.05) is 137 Å². The number of oxazole rings is 1. The normalized spacial score (nSPS) is 11.9. The van der Waals surface area contributed by atoms with Crippen LogP contribution < -0.4 is 0 Å². The van der Waals surface area contributed by atoms with Gasteiger partial charge in [0, 0.05) is 25.7 Å². The Morgan fingerprint density at radius 1 is 0.543 bits per heavy atom. The molecule has 0 atom stereocenters. The second kappa shape index (κ2) is 11.4. The molecule has 0 saturated heterocycles. The van der Waals surface area contributed by atoms with Crippen molar-refractivity contribution in [2.24, 2.45) is 0 Å². The first-order chi connectivity index (χ1) is 22.5. The fraction of sp³-hybridized carbons (Fsp3) is 0.140. The van der Waals surface area contributed by atoms with Gasteiger partial charge in [-0.15, -0.1) is 11.3 Å². The number of rotatable bonds is 6. The van der Waals surface area contributed by atoms with Crippen molar-refractivity contribution < 1.29 is 4.42 Å². The van der Waals surface area contributed by atoms with Gasteiger partial charge in [0.2, 0.25) is 5.89 Å². The largest absolute Gasteiger partial charge is 0.435 e. The third-order valence-electron chi connectivity index (χ3n) is 9.07. The van der Waals surface area contributed by atoms with Gasteiger partial charge >= 0.3 is 0 Å². The molecule has 224 valence electrons. The van der Waals surface area contributed by atoms with E-state index >= 15 is 0 Å². The Bertz CT molecular complexity index is 2330. The second-order valence-corrected chi connectivity index (χ2v) is 13.8. The highest BCUT2D eigenvalue weighted by Crippen LogP contribution is 2.45. The second-order valence-electron chi connectivity index (χ2n) is 12.7. The predicted octanol–water partition coefficient (Wildman–Crippen LogP) is 13.1. The molecule has 2 aromatic heterocycles. The molecule has 0 bridgehead atoms. The van der Waals surface area contributed by atoms with Gasteiger partial charge in [-0.25, -0.2) is 4.98 Å². The van der Waals surface area contributed by atoms with Crippen molar-refractivity contribution in [1.82, 2.24) is 4.98 Å². The van der Waals surface area contributed by atoms with Gasteiger partial charge in [-0.3, -0.25) is 0 Å². The highest BCUT2D eigenvalue weighted by molar-refractivity contribution is 7.26. The van der Waals surface area contributed by atoms with Crippen LogP contribution in [0.2, 0.25) is 0 Å². The van der Waals surface area contributed by atoms with Gasteiger partial charge in [0.15, 0.2) is 5.58 Å². The third-order valence-corrected chi connectivity index (χ3v) is 10.3. The zero-order valence-electron chi connectivity index (χ0n) is 26.5. The van der Waals surface area contributed by atoms with E-state index in [1.54, 1.807) is 0 Å². The lowest BCUT2D eigenvalue weighted by Crippen LogP contribution is -2.01. The molecule has 0 saturated carbocycles. The Labute approximate surface area is 274 Å². The van der Waals surface area contributed by atoms with Crippen LogP contribution in [0.4, 0.5) is 0 Å². The first kappa shape index (κ1) is 28.5. The summed E-state index contributed by atoms with van der Waals surface area (Å²) < 4.78 is 9.29. The maximum Gasteiger partial charge on any atom is 0.228 e. The highest BCUT2D eigenvalue weighted by atomic mass is 32.1. The zero-order chi connectivity index (χ0) is 31.4. The van der Waals surface area contributed by atoms with Crippen LogP contribution in [0, 0.1) is 0 Å². The van der Waals surface area contributed by atoms with Crippen molar-refractivity contribution >= 4 is 42.6 Å². The molecule has 0 amide bonds. The lowest BCUT2D eigenvalue weighted by molar-refractivity contribution is 0.621. The van der Waals surface area contributed by atoms with Gasteiger partial charge in [0.25, 0.3) is 0 Å². The molecule has 3 heteroatoms. The van der Waals surface area contributed by atoms with Crippen LogP contribution in [-0.2, 0) is 0 Å². The molecule has 0 spiro atoms. The van der Waals surface area contributed by atoms with Crippen LogP contribution in [-0.4, -0.2) is 4.98 Å². The number of thiophene rings is 1. The van der Waals surface area contributed by atoms with E-state index in [1.165, 1.54) is 59.1 Å². The summed E-state index contributed by atoms with van der Waals surface area (Å²) in [4.78, 5) is 5.11. The molecule has 2 nitrogen and oxygen atoms in total. The predicted molar refractivity (Wildman–Crippen MR) is 197 cm³/mol. The third kappa shape index (κ3) is 4.83. The van der Waals surface area contributed by atoms with E-state index in [0.717, 1.165) is 22.2 Å². The molecule has 0 aliphatic carbocycles. The summed E-state index contributed by atoms with van der Waals surface area (Å²) in [5, 5.41) is 2.50. The van der Waals surface area contributed by atoms with Gasteiger partial charge in [-0.05, 0) is 69.0 Å². The molecule has 8 aromatic rings. The minimum absolute atomic E-state index is 0.335. The van der Waals surface area contributed by atoms with E-state index in [9.17, 15) is 0 Å². The first-order valence-corrected chi connectivity index (χ1v) is 16.9. The fourth-order valence-electron chi connectivity index (χ4n) is 6.74. The van der Waals surface area contributed by atoms with Crippen molar-refractivity contribution in [3.05, 3.63) is 139 Å². The smallest absolute Gasteiger partial charge is 0.228 e. The van der Waals surface area contributed by atoms with Crippen LogP contribution >= 0.6 is 11.3 Å². The molecule has 0 fully saturated rings. The van der Waals surface area contributed by atoms with Gasteiger partial charge in [-0.2, -0.15) is 0 Å². The highest BCUT2D eigenvalue weighted by Gasteiger charge is 2.23. The van der Waals surface area contributed by atoms with Crippen LogP contribution in [0.3, 0.4) is 0 Å². The molecule has 0 aliphatic heterocycles. The molecule has 6 aromatic carbocycles. The average molecular weight is 614 g/mol. The quantitative estimate of drug-likeness (QED) is 0.186. The van der Waals surface area contributed by atoms with Crippen LogP contribution in [0.1, 0.15) is 50.7 Å². The number of fused-ring (bicyclic) bond motifs is 4. The number of hydrogen-bond acceptors (Lipinski definition) is 3. The summed E-state index contributed by atoms with van der Waals surface area (Å²) in [7, 11) is 0. The molecule has 2 heterocycles. The molecule has 8 rings (SSSR count). The topological polar surface area (TPSA) is 26.0 Å². The van der Waals surface area contributed by atoms with E-state index in [-0.39, 0.29) is 0 Å². The SMILES string of the molecule is CC(C)c1cc(-c2ccccc2)cc(C(C)C)c1-c1cccc2nc(-c3cccc4c3sc3cc(-c5ccccc5)ccc34)oc12. The van der Waals surface area contributed by atoms with E-state index in [2.05, 4.69) is 155 Å². The van der Waals surface area contributed by atoms with E-state index in [1.807, 2.05) is 11.3 Å². The summed E-state index contributed by atoms with van der Waals surface area (Å²) in [6.45, 7) is 9.15. The number of para-hydroxylation sites is 1. The van der Waals surface area contributed by atoms with E-state index < -0.39 is 0 Å². The standard InChI is InChI=1S/C43H35NOS/c1-26(2)36-23-31(29-15-9-6-10-16-29)24-37(27(3)4)40(36)34-18-12-20-38-41(34)45-43(44-38)35-19-11-17-33-32-22-21-30(25-39(32)46-42(33)35)28-13-7-5-8-14-28/h5-27H,1-4H3. The molecule has 46 heavy (non-hydrogen) atoms. The lowest BCUT2D eigenvalue weighted by Gasteiger charge is -2.22. The maximum atomic E-state index is 6.82. The molecule has 0 aliphatic rings. The monoisotopic (exact) mass is 613 g/mol. The Kier molecular flexibility index (Phi) is 7.07. The van der Waals surface area contributed by atoms with Crippen LogP contribution in [0.15, 0.2) is 132 Å². The summed E-state index contributed by atoms with van der Waals surface area (Å²) in [5.74, 6) is 1.34. The van der Waals surface area contributed by atoms with Crippen molar-refractivity contribution in [3.63, 3.8) is 0 Å². The first-order valence-electron chi connectivity index (χ1n) is 16.1. The molecular formula is C43H35NOS. The Hall–Kier alpha value is -4.99. The van der Waals surface area contributed by atoms with Crippen molar-refractivity contribution in [2.75, 3.05) is 0 Å². The number of hydrogen-bond donors (Lipinski definition) is 0.